The first-order valence-electron chi connectivity index (χ1n) is 3.17. The van der Waals surface area contributed by atoms with Gasteiger partial charge in [-0.05, 0) is 6.92 Å². The molecule has 1 unspecified atom stereocenters. The highest BCUT2D eigenvalue weighted by Crippen LogP contribution is 2.13. The van der Waals surface area contributed by atoms with Crippen LogP contribution >= 0.6 is 0 Å². The first-order chi connectivity index (χ1) is 4.74. The Hall–Kier alpha value is -0.990. The topological polar surface area (TPSA) is 35.5 Å². The third-order valence-electron chi connectivity index (χ3n) is 1.42. The van der Waals surface area contributed by atoms with Crippen LogP contribution in [-0.4, -0.2) is 19.0 Å². The molecule has 0 aromatic heterocycles. The molecule has 1 aliphatic rings. The van der Waals surface area contributed by atoms with Crippen LogP contribution in [0.15, 0.2) is 12.0 Å². The van der Waals surface area contributed by atoms with Crippen LogP contribution in [0.4, 0.5) is 0 Å². The second-order valence-electron chi connectivity index (χ2n) is 2.16. The van der Waals surface area contributed by atoms with Crippen molar-refractivity contribution in [3.63, 3.8) is 0 Å². The summed E-state index contributed by atoms with van der Waals surface area (Å²) in [6, 6.07) is 0. The Morgan fingerprint density at radius 3 is 3.00 bits per heavy atom. The monoisotopic (exact) mass is 142 g/mol. The lowest BCUT2D eigenvalue weighted by Crippen LogP contribution is -2.24. The molecule has 1 heterocycles. The minimum Gasteiger partial charge on any atom is -0.469 e. The number of Topliss-reactive ketones (excluding diaryl/α,β-unsaturated/α-hetero) is 1. The van der Waals surface area contributed by atoms with E-state index in [1.165, 1.54) is 7.11 Å². The van der Waals surface area contributed by atoms with Crippen molar-refractivity contribution in [1.82, 2.24) is 0 Å². The van der Waals surface area contributed by atoms with Crippen LogP contribution in [0.5, 0.6) is 0 Å². The van der Waals surface area contributed by atoms with Crippen LogP contribution in [-0.2, 0) is 14.3 Å². The summed E-state index contributed by atoms with van der Waals surface area (Å²) in [6.07, 6.45) is 1.71. The zero-order valence-electron chi connectivity index (χ0n) is 6.09. The molecular formula is C7H10O3. The first kappa shape index (κ1) is 7.12. The van der Waals surface area contributed by atoms with Gasteiger partial charge in [0, 0.05) is 12.5 Å². The number of allylic oxidation sites excluding steroid dienone is 1. The fourth-order valence-electron chi connectivity index (χ4n) is 0.769. The average Bonchev–Trinajstić information content (AvgIpc) is 1.95. The van der Waals surface area contributed by atoms with Crippen molar-refractivity contribution in [2.24, 2.45) is 0 Å². The standard InChI is InChI=1S/C7H10O3/c1-5-6(8)3-4-7(9-2)10-5/h4-5H,3H2,1-2H3. The predicted octanol–water partition coefficient (Wildman–Crippen LogP) is 0.852. The van der Waals surface area contributed by atoms with E-state index in [1.807, 2.05) is 0 Å². The molecule has 1 rings (SSSR count). The van der Waals surface area contributed by atoms with Gasteiger partial charge in [0.05, 0.1) is 7.11 Å². The number of hydrogen-bond acceptors (Lipinski definition) is 3. The number of carbonyl (C=O) groups excluding carboxylic acids is 1. The Labute approximate surface area is 59.6 Å². The highest BCUT2D eigenvalue weighted by Gasteiger charge is 2.19. The third kappa shape index (κ3) is 1.29. The molecule has 0 aromatic rings. The zero-order chi connectivity index (χ0) is 7.56. The maximum absolute atomic E-state index is 10.8. The van der Waals surface area contributed by atoms with Gasteiger partial charge < -0.3 is 9.47 Å². The first-order valence-corrected chi connectivity index (χ1v) is 3.17. The van der Waals surface area contributed by atoms with Gasteiger partial charge in [-0.25, -0.2) is 0 Å². The third-order valence-corrected chi connectivity index (χ3v) is 1.42. The van der Waals surface area contributed by atoms with E-state index in [-0.39, 0.29) is 11.9 Å². The van der Waals surface area contributed by atoms with Gasteiger partial charge in [0.15, 0.2) is 11.9 Å². The van der Waals surface area contributed by atoms with E-state index in [4.69, 9.17) is 9.47 Å². The highest BCUT2D eigenvalue weighted by molar-refractivity contribution is 5.84. The molecule has 0 aliphatic carbocycles. The molecule has 0 amide bonds. The van der Waals surface area contributed by atoms with Gasteiger partial charge in [-0.3, -0.25) is 4.79 Å². The number of hydrogen-bond donors (Lipinski definition) is 0. The van der Waals surface area contributed by atoms with E-state index >= 15 is 0 Å². The van der Waals surface area contributed by atoms with E-state index in [0.29, 0.717) is 12.4 Å². The summed E-state index contributed by atoms with van der Waals surface area (Å²) in [7, 11) is 1.52. The van der Waals surface area contributed by atoms with Crippen LogP contribution in [0.3, 0.4) is 0 Å². The van der Waals surface area contributed by atoms with Crippen molar-refractivity contribution in [3.05, 3.63) is 12.0 Å². The molecule has 56 valence electrons. The molecule has 0 saturated heterocycles. The van der Waals surface area contributed by atoms with Crippen LogP contribution in [0.1, 0.15) is 13.3 Å². The number of rotatable bonds is 1. The van der Waals surface area contributed by atoms with E-state index in [1.54, 1.807) is 13.0 Å². The van der Waals surface area contributed by atoms with Crippen molar-refractivity contribution in [1.29, 1.82) is 0 Å². The Morgan fingerprint density at radius 1 is 1.80 bits per heavy atom. The second kappa shape index (κ2) is 2.73. The minimum atomic E-state index is -0.347. The van der Waals surface area contributed by atoms with Gasteiger partial charge >= 0.3 is 0 Å². The summed E-state index contributed by atoms with van der Waals surface area (Å²) in [5, 5.41) is 0. The van der Waals surface area contributed by atoms with E-state index in [9.17, 15) is 4.79 Å². The van der Waals surface area contributed by atoms with Crippen LogP contribution in [0.2, 0.25) is 0 Å². The summed E-state index contributed by atoms with van der Waals surface area (Å²) in [5.41, 5.74) is 0. The molecule has 0 saturated carbocycles. The Balaban J connectivity index is 2.61. The van der Waals surface area contributed by atoms with Crippen molar-refractivity contribution in [3.8, 4) is 0 Å². The molecule has 1 atom stereocenters. The number of ether oxygens (including phenoxy) is 2. The molecule has 0 aromatic carbocycles. The summed E-state index contributed by atoms with van der Waals surface area (Å²) >= 11 is 0. The number of methoxy groups -OCH3 is 1. The Kier molecular flexibility index (Phi) is 1.94. The molecule has 0 fully saturated rings. The fraction of sp³-hybridized carbons (Fsp3) is 0.571. The number of carbonyl (C=O) groups is 1. The van der Waals surface area contributed by atoms with E-state index in [0.717, 1.165) is 0 Å². The molecule has 1 aliphatic heterocycles. The smallest absolute Gasteiger partial charge is 0.275 e. The lowest BCUT2D eigenvalue weighted by molar-refractivity contribution is -0.131. The Bertz CT molecular complexity index is 172. The maximum atomic E-state index is 10.8. The van der Waals surface area contributed by atoms with Gasteiger partial charge in [-0.15, -0.1) is 0 Å². The van der Waals surface area contributed by atoms with E-state index < -0.39 is 0 Å². The zero-order valence-corrected chi connectivity index (χ0v) is 6.09. The molecule has 3 nitrogen and oxygen atoms in total. The molecule has 0 spiro atoms. The summed E-state index contributed by atoms with van der Waals surface area (Å²) in [5.74, 6) is 0.549. The average molecular weight is 142 g/mol. The molecule has 3 heteroatoms. The van der Waals surface area contributed by atoms with Gasteiger partial charge in [-0.2, -0.15) is 0 Å². The van der Waals surface area contributed by atoms with Crippen molar-refractivity contribution in [2.45, 2.75) is 19.4 Å². The summed E-state index contributed by atoms with van der Waals surface area (Å²) in [6.45, 7) is 1.72. The molecule has 0 radical (unpaired) electrons. The van der Waals surface area contributed by atoms with Crippen LogP contribution < -0.4 is 0 Å². The van der Waals surface area contributed by atoms with Crippen molar-refractivity contribution in [2.75, 3.05) is 7.11 Å². The maximum Gasteiger partial charge on any atom is 0.275 e. The summed E-state index contributed by atoms with van der Waals surface area (Å²) < 4.78 is 9.83. The lowest BCUT2D eigenvalue weighted by Gasteiger charge is -2.18. The Morgan fingerprint density at radius 2 is 2.50 bits per heavy atom. The van der Waals surface area contributed by atoms with Crippen LogP contribution in [0, 0.1) is 0 Å². The van der Waals surface area contributed by atoms with Gasteiger partial charge in [0.25, 0.3) is 5.95 Å². The van der Waals surface area contributed by atoms with E-state index in [2.05, 4.69) is 0 Å². The van der Waals surface area contributed by atoms with Gasteiger partial charge in [-0.1, -0.05) is 0 Å². The predicted molar refractivity (Wildman–Crippen MR) is 35.3 cm³/mol. The normalized spacial score (nSPS) is 25.2. The summed E-state index contributed by atoms with van der Waals surface area (Å²) in [4.78, 5) is 10.8. The highest BCUT2D eigenvalue weighted by atomic mass is 16.7. The quantitative estimate of drug-likeness (QED) is 0.544. The largest absolute Gasteiger partial charge is 0.469 e. The van der Waals surface area contributed by atoms with Gasteiger partial charge in [0.1, 0.15) is 0 Å². The second-order valence-corrected chi connectivity index (χ2v) is 2.16. The SMILES string of the molecule is COC1=CCC(=O)C(C)O1. The van der Waals surface area contributed by atoms with Crippen molar-refractivity contribution >= 4 is 5.78 Å². The fourth-order valence-corrected chi connectivity index (χ4v) is 0.769. The van der Waals surface area contributed by atoms with Crippen LogP contribution in [0.25, 0.3) is 0 Å². The van der Waals surface area contributed by atoms with Gasteiger partial charge in [0.2, 0.25) is 0 Å². The van der Waals surface area contributed by atoms with Crippen molar-refractivity contribution < 1.29 is 14.3 Å². The minimum absolute atomic E-state index is 0.0980. The molecule has 0 bridgehead atoms. The molecule has 0 N–H and O–H groups in total. The molecule has 10 heavy (non-hydrogen) atoms. The number of ketones is 1. The lowest BCUT2D eigenvalue weighted by atomic mass is 10.1. The molecular weight excluding hydrogens is 132 g/mol.